The Morgan fingerprint density at radius 3 is 2.85 bits per heavy atom. The van der Waals surface area contributed by atoms with Gasteiger partial charge in [0, 0.05) is 41.4 Å². The van der Waals surface area contributed by atoms with Crippen LogP contribution in [0.2, 0.25) is 5.02 Å². The average molecular weight is 384 g/mol. The summed E-state index contributed by atoms with van der Waals surface area (Å²) in [7, 11) is 2.11. The van der Waals surface area contributed by atoms with E-state index in [-0.39, 0.29) is 16.5 Å². The molecular weight excluding hydrogens is 365 g/mol. The molecule has 2 N–H and O–H groups in total. The molecule has 0 saturated carbocycles. The van der Waals surface area contributed by atoms with Crippen molar-refractivity contribution in [1.82, 2.24) is 9.88 Å². The molecule has 27 heavy (non-hydrogen) atoms. The van der Waals surface area contributed by atoms with Crippen LogP contribution in [0, 0.1) is 5.82 Å². The quantitative estimate of drug-likeness (QED) is 0.673. The van der Waals surface area contributed by atoms with E-state index in [4.69, 9.17) is 11.6 Å². The number of likely N-dealkylation sites (N-methyl/N-ethyl adjacent to an activating group) is 1. The van der Waals surface area contributed by atoms with Gasteiger partial charge in [0.1, 0.15) is 5.82 Å². The first-order valence-corrected chi connectivity index (χ1v) is 9.14. The Morgan fingerprint density at radius 2 is 2.11 bits per heavy atom. The van der Waals surface area contributed by atoms with Crippen molar-refractivity contribution >= 4 is 39.7 Å². The van der Waals surface area contributed by atoms with Gasteiger partial charge in [-0.05, 0) is 55.4 Å². The third-order valence-electron chi connectivity index (χ3n) is 4.87. The van der Waals surface area contributed by atoms with Gasteiger partial charge in [0.05, 0.1) is 10.6 Å². The van der Waals surface area contributed by atoms with Gasteiger partial charge in [0.25, 0.3) is 5.91 Å². The monoisotopic (exact) mass is 383 g/mol. The van der Waals surface area contributed by atoms with Crippen LogP contribution in [0.25, 0.3) is 16.5 Å². The van der Waals surface area contributed by atoms with E-state index >= 15 is 0 Å². The zero-order chi connectivity index (χ0) is 19.0. The van der Waals surface area contributed by atoms with E-state index < -0.39 is 5.82 Å². The van der Waals surface area contributed by atoms with Crippen molar-refractivity contribution in [2.24, 2.45) is 0 Å². The predicted octanol–water partition coefficient (Wildman–Crippen LogP) is 4.93. The fraction of sp³-hybridized carbons (Fsp3) is 0.190. The number of benzene rings is 2. The highest BCUT2D eigenvalue weighted by Gasteiger charge is 2.15. The second kappa shape index (κ2) is 7.18. The summed E-state index contributed by atoms with van der Waals surface area (Å²) in [5.74, 6) is -0.837. The van der Waals surface area contributed by atoms with Gasteiger partial charge < -0.3 is 15.2 Å². The number of amides is 1. The van der Waals surface area contributed by atoms with Crippen molar-refractivity contribution < 1.29 is 9.18 Å². The fourth-order valence-electron chi connectivity index (χ4n) is 3.35. The maximum absolute atomic E-state index is 13.2. The minimum absolute atomic E-state index is 0.0902. The van der Waals surface area contributed by atoms with Crippen molar-refractivity contribution in [3.05, 3.63) is 70.6 Å². The number of nitrogens with one attached hydrogen (secondary N) is 2. The summed E-state index contributed by atoms with van der Waals surface area (Å²) in [6.45, 7) is 1.96. The third kappa shape index (κ3) is 3.61. The summed E-state index contributed by atoms with van der Waals surface area (Å²) in [6.07, 6.45) is 5.26. The first-order valence-electron chi connectivity index (χ1n) is 8.77. The van der Waals surface area contributed by atoms with Crippen molar-refractivity contribution in [2.75, 3.05) is 25.5 Å². The number of aromatic nitrogens is 1. The standard InChI is InChI=1S/C21H19ClFN3O/c1-26-8-6-13(7-9-26)18-12-24-20-5-3-15(11-17(18)20)25-21(27)16-4-2-14(23)10-19(16)22/h2-6,10-12,24H,7-9H2,1H3,(H,25,27). The molecule has 1 aliphatic rings. The first-order chi connectivity index (χ1) is 13.0. The molecule has 0 radical (unpaired) electrons. The molecule has 0 aliphatic carbocycles. The van der Waals surface area contributed by atoms with E-state index in [1.165, 1.54) is 17.7 Å². The van der Waals surface area contributed by atoms with E-state index in [0.29, 0.717) is 5.69 Å². The number of rotatable bonds is 3. The normalized spacial score (nSPS) is 15.0. The lowest BCUT2D eigenvalue weighted by Crippen LogP contribution is -2.23. The van der Waals surface area contributed by atoms with Crippen LogP contribution in [0.3, 0.4) is 0 Å². The maximum atomic E-state index is 13.2. The molecule has 4 nitrogen and oxygen atoms in total. The molecule has 4 rings (SSSR count). The zero-order valence-corrected chi connectivity index (χ0v) is 15.6. The summed E-state index contributed by atoms with van der Waals surface area (Å²) in [5, 5.41) is 4.00. The molecule has 6 heteroatoms. The number of carbonyl (C=O) groups is 1. The number of nitrogens with zero attached hydrogens (tertiary/aromatic N) is 1. The smallest absolute Gasteiger partial charge is 0.257 e. The SMILES string of the molecule is CN1CC=C(c2c[nH]c3ccc(NC(=O)c4ccc(F)cc4Cl)cc23)CC1. The molecule has 0 saturated heterocycles. The lowest BCUT2D eigenvalue weighted by molar-refractivity contribution is 0.102. The van der Waals surface area contributed by atoms with Crippen LogP contribution in [-0.4, -0.2) is 35.9 Å². The first kappa shape index (κ1) is 17.8. The van der Waals surface area contributed by atoms with Gasteiger partial charge in [0.15, 0.2) is 0 Å². The molecule has 0 unspecified atom stereocenters. The molecule has 0 bridgehead atoms. The van der Waals surface area contributed by atoms with Crippen LogP contribution < -0.4 is 5.32 Å². The van der Waals surface area contributed by atoms with E-state index in [1.54, 1.807) is 0 Å². The van der Waals surface area contributed by atoms with Crippen LogP contribution >= 0.6 is 11.6 Å². The molecule has 2 aromatic carbocycles. The summed E-state index contributed by atoms with van der Waals surface area (Å²) in [4.78, 5) is 18.1. The van der Waals surface area contributed by atoms with E-state index in [1.807, 2.05) is 24.4 Å². The lowest BCUT2D eigenvalue weighted by atomic mass is 9.99. The second-order valence-corrected chi connectivity index (χ2v) is 7.19. The fourth-order valence-corrected chi connectivity index (χ4v) is 3.60. The van der Waals surface area contributed by atoms with Gasteiger partial charge in [-0.3, -0.25) is 4.79 Å². The minimum Gasteiger partial charge on any atom is -0.361 e. The molecule has 3 aromatic rings. The van der Waals surface area contributed by atoms with E-state index in [9.17, 15) is 9.18 Å². The van der Waals surface area contributed by atoms with Crippen LogP contribution in [-0.2, 0) is 0 Å². The van der Waals surface area contributed by atoms with Gasteiger partial charge in [-0.1, -0.05) is 17.7 Å². The lowest BCUT2D eigenvalue weighted by Gasteiger charge is -2.21. The second-order valence-electron chi connectivity index (χ2n) is 6.78. The Balaban J connectivity index is 1.63. The van der Waals surface area contributed by atoms with E-state index in [2.05, 4.69) is 28.3 Å². The number of anilines is 1. The maximum Gasteiger partial charge on any atom is 0.257 e. The van der Waals surface area contributed by atoms with Gasteiger partial charge in [-0.2, -0.15) is 0 Å². The van der Waals surface area contributed by atoms with Crippen molar-refractivity contribution in [2.45, 2.75) is 6.42 Å². The van der Waals surface area contributed by atoms with Gasteiger partial charge in [-0.25, -0.2) is 4.39 Å². The minimum atomic E-state index is -0.471. The summed E-state index contributed by atoms with van der Waals surface area (Å²) >= 11 is 5.99. The molecule has 0 fully saturated rings. The topological polar surface area (TPSA) is 48.1 Å². The largest absolute Gasteiger partial charge is 0.361 e. The molecule has 138 valence electrons. The number of H-pyrrole nitrogens is 1. The highest BCUT2D eigenvalue weighted by atomic mass is 35.5. The third-order valence-corrected chi connectivity index (χ3v) is 5.19. The Hall–Kier alpha value is -2.63. The Morgan fingerprint density at radius 1 is 1.26 bits per heavy atom. The molecular formula is C21H19ClFN3O. The zero-order valence-electron chi connectivity index (χ0n) is 14.9. The van der Waals surface area contributed by atoms with Crippen molar-refractivity contribution in [3.8, 4) is 0 Å². The molecule has 0 spiro atoms. The summed E-state index contributed by atoms with van der Waals surface area (Å²) in [6, 6.07) is 9.47. The highest BCUT2D eigenvalue weighted by Crippen LogP contribution is 2.31. The number of hydrogen-bond donors (Lipinski definition) is 2. The van der Waals surface area contributed by atoms with Crippen LogP contribution in [0.4, 0.5) is 10.1 Å². The molecule has 2 heterocycles. The Bertz CT molecular complexity index is 1060. The van der Waals surface area contributed by atoms with Crippen LogP contribution in [0.1, 0.15) is 22.3 Å². The summed E-state index contributed by atoms with van der Waals surface area (Å²) < 4.78 is 13.2. The van der Waals surface area contributed by atoms with Crippen LogP contribution in [0.15, 0.2) is 48.7 Å². The van der Waals surface area contributed by atoms with Gasteiger partial charge in [-0.15, -0.1) is 0 Å². The highest BCUT2D eigenvalue weighted by molar-refractivity contribution is 6.34. The summed E-state index contributed by atoms with van der Waals surface area (Å²) in [5.41, 5.74) is 4.40. The number of hydrogen-bond acceptors (Lipinski definition) is 2. The number of fused-ring (bicyclic) bond motifs is 1. The van der Waals surface area contributed by atoms with Crippen molar-refractivity contribution in [1.29, 1.82) is 0 Å². The average Bonchev–Trinajstić information content (AvgIpc) is 3.05. The number of aromatic amines is 1. The molecule has 0 atom stereocenters. The molecule has 1 aromatic heterocycles. The van der Waals surface area contributed by atoms with Crippen LogP contribution in [0.5, 0.6) is 0 Å². The Kier molecular flexibility index (Phi) is 4.72. The predicted molar refractivity (Wildman–Crippen MR) is 108 cm³/mol. The van der Waals surface area contributed by atoms with Gasteiger partial charge >= 0.3 is 0 Å². The number of carbonyl (C=O) groups excluding carboxylic acids is 1. The molecule has 1 amide bonds. The number of halogens is 2. The van der Waals surface area contributed by atoms with Gasteiger partial charge in [0.2, 0.25) is 0 Å². The van der Waals surface area contributed by atoms with E-state index in [0.717, 1.165) is 42.0 Å². The van der Waals surface area contributed by atoms with Crippen molar-refractivity contribution in [3.63, 3.8) is 0 Å². The Labute approximate surface area is 161 Å². The molecule has 1 aliphatic heterocycles.